The van der Waals surface area contributed by atoms with Crippen molar-refractivity contribution in [1.29, 1.82) is 10.5 Å². The van der Waals surface area contributed by atoms with Crippen LogP contribution < -0.4 is 10.0 Å². The first-order chi connectivity index (χ1) is 9.03. The molecule has 0 atom stereocenters. The monoisotopic (exact) mass is 276 g/mol. The van der Waals surface area contributed by atoms with E-state index in [1.54, 1.807) is 31.2 Å². The maximum Gasteiger partial charge on any atom is 0.240 e. The van der Waals surface area contributed by atoms with Crippen LogP contribution in [-0.4, -0.2) is 15.0 Å². The number of sulfonamides is 1. The standard InChI is InChI=1S/C12H12N4O2S/c1-2-16-19(17,18)12-5-3-11(4-6-12)15-9-10(7-13)8-14/h3-6,9,15-16H,2H2,1H3. The minimum atomic E-state index is -3.47. The zero-order valence-electron chi connectivity index (χ0n) is 10.2. The smallest absolute Gasteiger partial charge is 0.240 e. The van der Waals surface area contributed by atoms with Crippen LogP contribution in [0.25, 0.3) is 0 Å². The number of nitrogens with zero attached hydrogens (tertiary/aromatic N) is 2. The Morgan fingerprint density at radius 3 is 2.32 bits per heavy atom. The molecule has 7 heteroatoms. The van der Waals surface area contributed by atoms with Gasteiger partial charge in [0.05, 0.1) is 4.90 Å². The molecule has 1 aromatic carbocycles. The minimum absolute atomic E-state index is 0.0654. The third-order valence-corrected chi connectivity index (χ3v) is 3.68. The van der Waals surface area contributed by atoms with Crippen LogP contribution in [0.3, 0.4) is 0 Å². The maximum absolute atomic E-state index is 11.7. The molecule has 0 aromatic heterocycles. The predicted molar refractivity (Wildman–Crippen MR) is 70.2 cm³/mol. The highest BCUT2D eigenvalue weighted by atomic mass is 32.2. The van der Waals surface area contributed by atoms with Crippen LogP contribution in [0.15, 0.2) is 40.9 Å². The number of anilines is 1. The SMILES string of the molecule is CCNS(=O)(=O)c1ccc(NC=C(C#N)C#N)cc1. The summed E-state index contributed by atoms with van der Waals surface area (Å²) in [6.07, 6.45) is 1.26. The highest BCUT2D eigenvalue weighted by Gasteiger charge is 2.11. The average Bonchev–Trinajstić information content (AvgIpc) is 2.40. The second-order valence-electron chi connectivity index (χ2n) is 3.45. The van der Waals surface area contributed by atoms with Gasteiger partial charge in [-0.25, -0.2) is 13.1 Å². The van der Waals surface area contributed by atoms with Gasteiger partial charge in [-0.2, -0.15) is 10.5 Å². The van der Waals surface area contributed by atoms with E-state index in [-0.39, 0.29) is 10.5 Å². The molecule has 0 unspecified atom stereocenters. The molecule has 1 rings (SSSR count). The lowest BCUT2D eigenvalue weighted by Gasteiger charge is -2.05. The molecule has 2 N–H and O–H groups in total. The molecule has 0 saturated carbocycles. The summed E-state index contributed by atoms with van der Waals surface area (Å²) in [7, 11) is -3.47. The summed E-state index contributed by atoms with van der Waals surface area (Å²) in [5, 5.41) is 19.8. The lowest BCUT2D eigenvalue weighted by Crippen LogP contribution is -2.22. The second-order valence-corrected chi connectivity index (χ2v) is 5.22. The molecule has 0 spiro atoms. The van der Waals surface area contributed by atoms with E-state index < -0.39 is 10.0 Å². The molecule has 0 aliphatic rings. The van der Waals surface area contributed by atoms with E-state index in [1.807, 2.05) is 0 Å². The Hall–Kier alpha value is -2.35. The molecule has 0 heterocycles. The summed E-state index contributed by atoms with van der Waals surface area (Å²) in [6.45, 7) is 2.02. The average molecular weight is 276 g/mol. The molecule has 0 aliphatic carbocycles. The van der Waals surface area contributed by atoms with Gasteiger partial charge >= 0.3 is 0 Å². The first-order valence-corrected chi connectivity index (χ1v) is 6.88. The van der Waals surface area contributed by atoms with Crippen molar-refractivity contribution in [3.8, 4) is 12.1 Å². The Kier molecular flexibility index (Phi) is 5.07. The molecule has 0 bridgehead atoms. The summed E-state index contributed by atoms with van der Waals surface area (Å²) in [6, 6.07) is 9.38. The normalized spacial score (nSPS) is 10.1. The van der Waals surface area contributed by atoms with Crippen molar-refractivity contribution in [1.82, 2.24) is 4.72 Å². The predicted octanol–water partition coefficient (Wildman–Crippen LogP) is 1.33. The summed E-state index contributed by atoms with van der Waals surface area (Å²) in [4.78, 5) is 0.157. The van der Waals surface area contributed by atoms with Crippen molar-refractivity contribution in [2.45, 2.75) is 11.8 Å². The Bertz CT molecular complexity index is 632. The molecule has 0 amide bonds. The number of hydrogen-bond donors (Lipinski definition) is 2. The first-order valence-electron chi connectivity index (χ1n) is 5.40. The Balaban J connectivity index is 2.87. The van der Waals surface area contributed by atoms with E-state index in [4.69, 9.17) is 10.5 Å². The van der Waals surface area contributed by atoms with E-state index in [0.29, 0.717) is 12.2 Å². The van der Waals surface area contributed by atoms with Crippen LogP contribution in [0.2, 0.25) is 0 Å². The lowest BCUT2D eigenvalue weighted by atomic mass is 10.3. The fourth-order valence-corrected chi connectivity index (χ4v) is 2.29. The van der Waals surface area contributed by atoms with Crippen LogP contribution in [0.1, 0.15) is 6.92 Å². The summed E-state index contributed by atoms with van der Waals surface area (Å²) in [5.74, 6) is 0. The summed E-state index contributed by atoms with van der Waals surface area (Å²) >= 11 is 0. The molecule has 1 aromatic rings. The zero-order chi connectivity index (χ0) is 14.3. The van der Waals surface area contributed by atoms with E-state index in [0.717, 1.165) is 0 Å². The fourth-order valence-electron chi connectivity index (χ4n) is 1.25. The van der Waals surface area contributed by atoms with E-state index in [9.17, 15) is 8.42 Å². The zero-order valence-corrected chi connectivity index (χ0v) is 11.0. The number of rotatable bonds is 5. The van der Waals surface area contributed by atoms with Gasteiger partial charge in [0, 0.05) is 18.4 Å². The summed E-state index contributed by atoms with van der Waals surface area (Å²) in [5.41, 5.74) is 0.516. The molecule has 0 aliphatic heterocycles. The molecule has 19 heavy (non-hydrogen) atoms. The first kappa shape index (κ1) is 14.7. The third-order valence-electron chi connectivity index (χ3n) is 2.12. The van der Waals surface area contributed by atoms with Crippen molar-refractivity contribution < 1.29 is 8.42 Å². The number of allylic oxidation sites excluding steroid dienone is 1. The number of nitriles is 2. The largest absolute Gasteiger partial charge is 0.360 e. The van der Waals surface area contributed by atoms with Crippen LogP contribution in [-0.2, 0) is 10.0 Å². The molecule has 0 radical (unpaired) electrons. The van der Waals surface area contributed by atoms with E-state index >= 15 is 0 Å². The van der Waals surface area contributed by atoms with Gasteiger partial charge in [-0.15, -0.1) is 0 Å². The molecule has 0 fully saturated rings. The van der Waals surface area contributed by atoms with Crippen LogP contribution in [0, 0.1) is 22.7 Å². The molecular formula is C12H12N4O2S. The van der Waals surface area contributed by atoms with E-state index in [2.05, 4.69) is 10.0 Å². The number of hydrogen-bond acceptors (Lipinski definition) is 5. The number of nitrogens with one attached hydrogen (secondary N) is 2. The Morgan fingerprint density at radius 2 is 1.84 bits per heavy atom. The van der Waals surface area contributed by atoms with Crippen molar-refractivity contribution in [2.75, 3.05) is 11.9 Å². The van der Waals surface area contributed by atoms with Gasteiger partial charge in [-0.3, -0.25) is 0 Å². The van der Waals surface area contributed by atoms with Gasteiger partial charge in [0.1, 0.15) is 17.7 Å². The van der Waals surface area contributed by atoms with Crippen molar-refractivity contribution in [3.63, 3.8) is 0 Å². The van der Waals surface area contributed by atoms with Gasteiger partial charge < -0.3 is 5.32 Å². The minimum Gasteiger partial charge on any atom is -0.360 e. The Labute approximate surface area is 112 Å². The Morgan fingerprint density at radius 1 is 1.26 bits per heavy atom. The van der Waals surface area contributed by atoms with Gasteiger partial charge in [0.2, 0.25) is 10.0 Å². The van der Waals surface area contributed by atoms with Crippen molar-refractivity contribution in [3.05, 3.63) is 36.0 Å². The highest BCUT2D eigenvalue weighted by Crippen LogP contribution is 2.14. The molecule has 98 valence electrons. The van der Waals surface area contributed by atoms with E-state index in [1.165, 1.54) is 18.3 Å². The van der Waals surface area contributed by atoms with Crippen LogP contribution in [0.5, 0.6) is 0 Å². The molecular weight excluding hydrogens is 264 g/mol. The molecule has 6 nitrogen and oxygen atoms in total. The number of benzene rings is 1. The molecule has 0 saturated heterocycles. The van der Waals surface area contributed by atoms with Gasteiger partial charge in [-0.05, 0) is 24.3 Å². The van der Waals surface area contributed by atoms with Crippen molar-refractivity contribution >= 4 is 15.7 Å². The van der Waals surface area contributed by atoms with Crippen molar-refractivity contribution in [2.24, 2.45) is 0 Å². The van der Waals surface area contributed by atoms with Crippen LogP contribution in [0.4, 0.5) is 5.69 Å². The lowest BCUT2D eigenvalue weighted by molar-refractivity contribution is 0.584. The van der Waals surface area contributed by atoms with Gasteiger partial charge in [0.15, 0.2) is 0 Å². The summed E-state index contributed by atoms with van der Waals surface area (Å²) < 4.78 is 25.7. The maximum atomic E-state index is 11.7. The fraction of sp³-hybridized carbons (Fsp3) is 0.167. The third kappa shape index (κ3) is 4.11. The quantitative estimate of drug-likeness (QED) is 0.789. The second kappa shape index (κ2) is 6.55. The topological polar surface area (TPSA) is 106 Å². The van der Waals surface area contributed by atoms with Crippen LogP contribution >= 0.6 is 0 Å². The highest BCUT2D eigenvalue weighted by molar-refractivity contribution is 7.89. The van der Waals surface area contributed by atoms with Gasteiger partial charge in [-0.1, -0.05) is 6.92 Å². The van der Waals surface area contributed by atoms with Gasteiger partial charge in [0.25, 0.3) is 0 Å².